The molecule has 1 rings (SSSR count). The highest BCUT2D eigenvalue weighted by molar-refractivity contribution is 6.33. The number of rotatable bonds is 6. The van der Waals surface area contributed by atoms with Crippen LogP contribution >= 0.6 is 11.6 Å². The lowest BCUT2D eigenvalue weighted by atomic mass is 10.2. The summed E-state index contributed by atoms with van der Waals surface area (Å²) in [4.78, 5) is 23.3. The molecule has 0 aliphatic rings. The molecule has 0 saturated carbocycles. The lowest BCUT2D eigenvalue weighted by molar-refractivity contribution is -0.125. The first-order chi connectivity index (χ1) is 9.47. The van der Waals surface area contributed by atoms with E-state index in [-0.39, 0.29) is 24.1 Å². The van der Waals surface area contributed by atoms with Gasteiger partial charge in [-0.15, -0.1) is 0 Å². The zero-order chi connectivity index (χ0) is 15.1. The molecule has 0 aromatic heterocycles. The van der Waals surface area contributed by atoms with E-state index >= 15 is 0 Å². The fourth-order valence-electron chi connectivity index (χ4n) is 1.65. The molecule has 1 aromatic carbocycles. The molecule has 1 aromatic rings. The van der Waals surface area contributed by atoms with E-state index in [2.05, 4.69) is 5.32 Å². The molecule has 0 spiro atoms. The second kappa shape index (κ2) is 7.75. The Kier molecular flexibility index (Phi) is 6.31. The molecule has 3 N–H and O–H groups in total. The monoisotopic (exact) mass is 298 g/mol. The van der Waals surface area contributed by atoms with Crippen LogP contribution in [0.15, 0.2) is 18.2 Å². The van der Waals surface area contributed by atoms with Crippen molar-refractivity contribution in [2.75, 3.05) is 12.3 Å². The average Bonchev–Trinajstić information content (AvgIpc) is 2.45. The molecule has 0 atom stereocenters. The van der Waals surface area contributed by atoms with Gasteiger partial charge in [-0.05, 0) is 31.0 Å². The van der Waals surface area contributed by atoms with Crippen LogP contribution in [0.25, 0.3) is 0 Å². The van der Waals surface area contributed by atoms with E-state index < -0.39 is 5.97 Å². The molecular formula is C14H19ClN2O3. The van der Waals surface area contributed by atoms with Crippen molar-refractivity contribution in [1.29, 1.82) is 0 Å². The number of amides is 1. The molecule has 110 valence electrons. The van der Waals surface area contributed by atoms with E-state index in [0.29, 0.717) is 10.7 Å². The van der Waals surface area contributed by atoms with Gasteiger partial charge in [-0.25, -0.2) is 4.79 Å². The van der Waals surface area contributed by atoms with Gasteiger partial charge in [-0.1, -0.05) is 25.4 Å². The van der Waals surface area contributed by atoms with Gasteiger partial charge in [0.15, 0.2) is 6.61 Å². The van der Waals surface area contributed by atoms with Crippen molar-refractivity contribution in [3.05, 3.63) is 28.8 Å². The summed E-state index contributed by atoms with van der Waals surface area (Å²) in [6.45, 7) is 3.66. The van der Waals surface area contributed by atoms with Gasteiger partial charge in [0.1, 0.15) is 0 Å². The largest absolute Gasteiger partial charge is 0.452 e. The van der Waals surface area contributed by atoms with Crippen LogP contribution in [-0.4, -0.2) is 24.5 Å². The van der Waals surface area contributed by atoms with E-state index in [1.54, 1.807) is 0 Å². The Labute approximate surface area is 123 Å². The van der Waals surface area contributed by atoms with Crippen molar-refractivity contribution in [1.82, 2.24) is 5.32 Å². The number of carbonyl (C=O) groups is 2. The quantitative estimate of drug-likeness (QED) is 0.624. The van der Waals surface area contributed by atoms with Crippen LogP contribution < -0.4 is 11.1 Å². The molecule has 0 saturated heterocycles. The number of carbonyl (C=O) groups excluding carboxylic acids is 2. The fourth-order valence-corrected chi connectivity index (χ4v) is 1.76. The highest BCUT2D eigenvalue weighted by Gasteiger charge is 2.13. The predicted molar refractivity (Wildman–Crippen MR) is 78.7 cm³/mol. The van der Waals surface area contributed by atoms with E-state index in [0.717, 1.165) is 12.8 Å². The SMILES string of the molecule is CCC(CC)NC(=O)COC(=O)c1ccc(Cl)c(N)c1. The molecule has 0 aliphatic carbocycles. The summed E-state index contributed by atoms with van der Waals surface area (Å²) >= 11 is 5.76. The lowest BCUT2D eigenvalue weighted by Crippen LogP contribution is -2.36. The number of anilines is 1. The first kappa shape index (κ1) is 16.3. The molecule has 0 unspecified atom stereocenters. The van der Waals surface area contributed by atoms with Crippen LogP contribution in [0, 0.1) is 0 Å². The third-order valence-corrected chi connectivity index (χ3v) is 3.26. The number of benzene rings is 1. The van der Waals surface area contributed by atoms with Crippen LogP contribution in [0.5, 0.6) is 0 Å². The summed E-state index contributed by atoms with van der Waals surface area (Å²) in [6.07, 6.45) is 1.67. The van der Waals surface area contributed by atoms with Crippen LogP contribution in [0.4, 0.5) is 5.69 Å². The highest BCUT2D eigenvalue weighted by Crippen LogP contribution is 2.19. The molecule has 6 heteroatoms. The Bertz CT molecular complexity index is 487. The minimum absolute atomic E-state index is 0.104. The third kappa shape index (κ3) is 4.74. The van der Waals surface area contributed by atoms with E-state index in [9.17, 15) is 9.59 Å². The van der Waals surface area contributed by atoms with Gasteiger partial charge in [0.05, 0.1) is 16.3 Å². The van der Waals surface area contributed by atoms with Crippen molar-refractivity contribution < 1.29 is 14.3 Å². The Morgan fingerprint density at radius 2 is 2.00 bits per heavy atom. The summed E-state index contributed by atoms with van der Waals surface area (Å²) in [7, 11) is 0. The van der Waals surface area contributed by atoms with Crippen molar-refractivity contribution >= 4 is 29.2 Å². The number of ether oxygens (including phenoxy) is 1. The zero-order valence-corrected chi connectivity index (χ0v) is 12.4. The van der Waals surface area contributed by atoms with Crippen molar-refractivity contribution in [3.63, 3.8) is 0 Å². The summed E-state index contributed by atoms with van der Waals surface area (Å²) in [6, 6.07) is 4.54. The molecule has 0 aliphatic heterocycles. The van der Waals surface area contributed by atoms with Gasteiger partial charge < -0.3 is 15.8 Å². The maximum absolute atomic E-state index is 11.7. The molecular weight excluding hydrogens is 280 g/mol. The van der Waals surface area contributed by atoms with Gasteiger partial charge >= 0.3 is 5.97 Å². The molecule has 1 amide bonds. The molecule has 0 radical (unpaired) electrons. The van der Waals surface area contributed by atoms with E-state index in [1.807, 2.05) is 13.8 Å². The number of halogens is 1. The minimum atomic E-state index is -0.604. The molecule has 0 bridgehead atoms. The van der Waals surface area contributed by atoms with Gasteiger partial charge in [0.2, 0.25) is 0 Å². The number of hydrogen-bond acceptors (Lipinski definition) is 4. The van der Waals surface area contributed by atoms with Gasteiger partial charge in [-0.3, -0.25) is 4.79 Å². The number of nitrogens with one attached hydrogen (secondary N) is 1. The fraction of sp³-hybridized carbons (Fsp3) is 0.429. The summed E-state index contributed by atoms with van der Waals surface area (Å²) in [5.41, 5.74) is 6.16. The van der Waals surface area contributed by atoms with Gasteiger partial charge in [-0.2, -0.15) is 0 Å². The number of nitrogen functional groups attached to an aromatic ring is 1. The second-order valence-electron chi connectivity index (χ2n) is 4.39. The Morgan fingerprint density at radius 1 is 1.35 bits per heavy atom. The molecule has 20 heavy (non-hydrogen) atoms. The minimum Gasteiger partial charge on any atom is -0.452 e. The van der Waals surface area contributed by atoms with E-state index in [1.165, 1.54) is 18.2 Å². The number of nitrogens with two attached hydrogens (primary N) is 1. The first-order valence-corrected chi connectivity index (χ1v) is 6.87. The molecule has 0 fully saturated rings. The number of esters is 1. The summed E-state index contributed by atoms with van der Waals surface area (Å²) in [5.74, 6) is -0.915. The average molecular weight is 299 g/mol. The molecule has 5 nitrogen and oxygen atoms in total. The van der Waals surface area contributed by atoms with Crippen molar-refractivity contribution in [2.45, 2.75) is 32.7 Å². The Morgan fingerprint density at radius 3 is 2.55 bits per heavy atom. The maximum atomic E-state index is 11.7. The summed E-state index contributed by atoms with van der Waals surface area (Å²) in [5, 5.41) is 3.15. The van der Waals surface area contributed by atoms with Crippen molar-refractivity contribution in [2.24, 2.45) is 0 Å². The predicted octanol–water partition coefficient (Wildman–Crippen LogP) is 2.38. The Balaban J connectivity index is 2.50. The smallest absolute Gasteiger partial charge is 0.338 e. The normalized spacial score (nSPS) is 10.4. The molecule has 0 heterocycles. The van der Waals surface area contributed by atoms with Crippen LogP contribution in [-0.2, 0) is 9.53 Å². The third-order valence-electron chi connectivity index (χ3n) is 2.92. The highest BCUT2D eigenvalue weighted by atomic mass is 35.5. The van der Waals surface area contributed by atoms with Crippen LogP contribution in [0.1, 0.15) is 37.0 Å². The van der Waals surface area contributed by atoms with Gasteiger partial charge in [0.25, 0.3) is 5.91 Å². The lowest BCUT2D eigenvalue weighted by Gasteiger charge is -2.14. The zero-order valence-electron chi connectivity index (χ0n) is 11.6. The topological polar surface area (TPSA) is 81.4 Å². The van der Waals surface area contributed by atoms with Crippen LogP contribution in [0.3, 0.4) is 0 Å². The summed E-state index contributed by atoms with van der Waals surface area (Å²) < 4.78 is 4.93. The maximum Gasteiger partial charge on any atom is 0.338 e. The van der Waals surface area contributed by atoms with Crippen LogP contribution in [0.2, 0.25) is 5.02 Å². The number of hydrogen-bond donors (Lipinski definition) is 2. The van der Waals surface area contributed by atoms with Crippen molar-refractivity contribution in [3.8, 4) is 0 Å². The van der Waals surface area contributed by atoms with E-state index in [4.69, 9.17) is 22.1 Å². The Hall–Kier alpha value is -1.75. The second-order valence-corrected chi connectivity index (χ2v) is 4.80. The first-order valence-electron chi connectivity index (χ1n) is 6.49. The standard InChI is InChI=1S/C14H19ClN2O3/c1-3-10(4-2)17-13(18)8-20-14(19)9-5-6-11(15)12(16)7-9/h5-7,10H,3-4,8,16H2,1-2H3,(H,17,18). The van der Waals surface area contributed by atoms with Gasteiger partial charge in [0, 0.05) is 6.04 Å².